The van der Waals surface area contributed by atoms with Gasteiger partial charge in [0.25, 0.3) is 0 Å². The van der Waals surface area contributed by atoms with E-state index in [1.54, 1.807) is 0 Å². The molecule has 5 nitrogen and oxygen atoms in total. The lowest BCUT2D eigenvalue weighted by Crippen LogP contribution is -2.12. The standard InChI is InChI=1S/C16H8N2O3/c17-9-11-1-5-13(6-2-11)15(19)21-16(20)14-7-3-12(10-18)4-8-14/h1-8H. The average Bonchev–Trinajstić information content (AvgIpc) is 2.55. The van der Waals surface area contributed by atoms with Crippen LogP contribution in [-0.4, -0.2) is 11.9 Å². The molecule has 0 spiro atoms. The van der Waals surface area contributed by atoms with Crippen molar-refractivity contribution in [2.24, 2.45) is 0 Å². The molecule has 0 aromatic heterocycles. The highest BCUT2D eigenvalue weighted by atomic mass is 16.6. The van der Waals surface area contributed by atoms with Gasteiger partial charge in [0.1, 0.15) is 0 Å². The van der Waals surface area contributed by atoms with Crippen LogP contribution in [0.5, 0.6) is 0 Å². The Bertz CT molecular complexity index is 696. The molecule has 0 heterocycles. The highest BCUT2D eigenvalue weighted by molar-refractivity contribution is 6.02. The van der Waals surface area contributed by atoms with Gasteiger partial charge in [-0.15, -0.1) is 0 Å². The molecule has 5 heteroatoms. The first-order chi connectivity index (χ1) is 10.1. The number of benzene rings is 2. The van der Waals surface area contributed by atoms with Crippen LogP contribution in [0.1, 0.15) is 31.8 Å². The molecule has 0 radical (unpaired) electrons. The summed E-state index contributed by atoms with van der Waals surface area (Å²) in [5.41, 5.74) is 1.17. The van der Waals surface area contributed by atoms with Gasteiger partial charge in [0.05, 0.1) is 34.4 Å². The number of carbonyl (C=O) groups is 2. The zero-order chi connectivity index (χ0) is 15.2. The first-order valence-corrected chi connectivity index (χ1v) is 5.91. The van der Waals surface area contributed by atoms with E-state index in [2.05, 4.69) is 0 Å². The van der Waals surface area contributed by atoms with Crippen LogP contribution < -0.4 is 0 Å². The van der Waals surface area contributed by atoms with E-state index in [1.165, 1.54) is 48.5 Å². The second-order valence-corrected chi connectivity index (χ2v) is 4.06. The molecule has 0 aliphatic rings. The molecule has 21 heavy (non-hydrogen) atoms. The molecule has 0 saturated carbocycles. The first-order valence-electron chi connectivity index (χ1n) is 5.91. The molecule has 2 aromatic rings. The van der Waals surface area contributed by atoms with E-state index in [9.17, 15) is 9.59 Å². The van der Waals surface area contributed by atoms with Gasteiger partial charge in [0.2, 0.25) is 0 Å². The van der Waals surface area contributed by atoms with Gasteiger partial charge in [-0.1, -0.05) is 0 Å². The maximum atomic E-state index is 11.8. The maximum absolute atomic E-state index is 11.8. The van der Waals surface area contributed by atoms with Crippen LogP contribution in [-0.2, 0) is 4.74 Å². The van der Waals surface area contributed by atoms with Crippen molar-refractivity contribution in [2.75, 3.05) is 0 Å². The predicted octanol–water partition coefficient (Wildman–Crippen LogP) is 2.43. The molecule has 0 fully saturated rings. The number of nitrogens with zero attached hydrogens (tertiary/aromatic N) is 2. The minimum Gasteiger partial charge on any atom is -0.386 e. The van der Waals surface area contributed by atoms with Crippen LogP contribution in [0.15, 0.2) is 48.5 Å². The summed E-state index contributed by atoms with van der Waals surface area (Å²) in [6.45, 7) is 0. The molecule has 0 aliphatic carbocycles. The quantitative estimate of drug-likeness (QED) is 0.620. The van der Waals surface area contributed by atoms with Crippen molar-refractivity contribution < 1.29 is 14.3 Å². The third kappa shape index (κ3) is 3.31. The smallest absolute Gasteiger partial charge is 0.346 e. The van der Waals surface area contributed by atoms with E-state index in [4.69, 9.17) is 15.3 Å². The summed E-state index contributed by atoms with van der Waals surface area (Å²) in [6.07, 6.45) is 0. The Morgan fingerprint density at radius 2 is 1.05 bits per heavy atom. The van der Waals surface area contributed by atoms with Gasteiger partial charge in [-0.05, 0) is 48.5 Å². The van der Waals surface area contributed by atoms with Crippen LogP contribution in [0.3, 0.4) is 0 Å². The Hall–Kier alpha value is -3.44. The predicted molar refractivity (Wildman–Crippen MR) is 72.1 cm³/mol. The lowest BCUT2D eigenvalue weighted by atomic mass is 10.1. The van der Waals surface area contributed by atoms with Crippen LogP contribution in [0.2, 0.25) is 0 Å². The summed E-state index contributed by atoms with van der Waals surface area (Å²) < 4.78 is 4.73. The molecular weight excluding hydrogens is 268 g/mol. The van der Waals surface area contributed by atoms with Crippen LogP contribution in [0.4, 0.5) is 0 Å². The molecule has 0 saturated heterocycles. The molecule has 0 aliphatic heterocycles. The Morgan fingerprint density at radius 3 is 1.33 bits per heavy atom. The number of hydrogen-bond acceptors (Lipinski definition) is 5. The van der Waals surface area contributed by atoms with E-state index >= 15 is 0 Å². The maximum Gasteiger partial charge on any atom is 0.346 e. The second kappa shape index (κ2) is 6.14. The number of carbonyl (C=O) groups excluding carboxylic acids is 2. The summed E-state index contributed by atoms with van der Waals surface area (Å²) in [7, 11) is 0. The van der Waals surface area contributed by atoms with E-state index in [-0.39, 0.29) is 11.1 Å². The summed E-state index contributed by atoms with van der Waals surface area (Å²) in [6, 6.07) is 15.3. The Kier molecular flexibility index (Phi) is 4.09. The van der Waals surface area contributed by atoms with Gasteiger partial charge in [0, 0.05) is 0 Å². The number of rotatable bonds is 2. The van der Waals surface area contributed by atoms with E-state index in [0.717, 1.165) is 0 Å². The lowest BCUT2D eigenvalue weighted by Gasteiger charge is -2.03. The first kappa shape index (κ1) is 14.0. The van der Waals surface area contributed by atoms with Crippen molar-refractivity contribution in [3.05, 3.63) is 70.8 Å². The minimum absolute atomic E-state index is 0.177. The topological polar surface area (TPSA) is 90.9 Å². The normalized spacial score (nSPS) is 9.24. The van der Waals surface area contributed by atoms with Gasteiger partial charge in [-0.25, -0.2) is 9.59 Å². The second-order valence-electron chi connectivity index (χ2n) is 4.06. The van der Waals surface area contributed by atoms with Crippen molar-refractivity contribution >= 4 is 11.9 Å². The van der Waals surface area contributed by atoms with Crippen LogP contribution in [0.25, 0.3) is 0 Å². The summed E-state index contributed by atoms with van der Waals surface area (Å²) in [4.78, 5) is 23.5. The molecule has 0 unspecified atom stereocenters. The fraction of sp³-hybridized carbons (Fsp3) is 0. The SMILES string of the molecule is N#Cc1ccc(C(=O)OC(=O)c2ccc(C#N)cc2)cc1. The van der Waals surface area contributed by atoms with Crippen molar-refractivity contribution in [1.29, 1.82) is 10.5 Å². The van der Waals surface area contributed by atoms with Gasteiger partial charge in [-0.2, -0.15) is 10.5 Å². The van der Waals surface area contributed by atoms with E-state index in [0.29, 0.717) is 11.1 Å². The number of esters is 2. The number of hydrogen-bond donors (Lipinski definition) is 0. The molecule has 0 amide bonds. The lowest BCUT2D eigenvalue weighted by molar-refractivity contribution is 0.0398. The van der Waals surface area contributed by atoms with Crippen LogP contribution in [0, 0.1) is 22.7 Å². The van der Waals surface area contributed by atoms with Crippen molar-refractivity contribution in [1.82, 2.24) is 0 Å². The molecule has 0 atom stereocenters. The van der Waals surface area contributed by atoms with Gasteiger partial charge < -0.3 is 4.74 Å². The zero-order valence-electron chi connectivity index (χ0n) is 10.7. The molecule has 0 N–H and O–H groups in total. The molecule has 0 bridgehead atoms. The Morgan fingerprint density at radius 1 is 0.714 bits per heavy atom. The fourth-order valence-corrected chi connectivity index (χ4v) is 1.56. The molecule has 2 rings (SSSR count). The minimum atomic E-state index is -0.797. The molecular formula is C16H8N2O3. The Labute approximate surface area is 120 Å². The molecule has 100 valence electrons. The molecule has 2 aromatic carbocycles. The highest BCUT2D eigenvalue weighted by Gasteiger charge is 2.14. The summed E-state index contributed by atoms with van der Waals surface area (Å²) >= 11 is 0. The van der Waals surface area contributed by atoms with Crippen molar-refractivity contribution in [3.63, 3.8) is 0 Å². The van der Waals surface area contributed by atoms with Gasteiger partial charge in [-0.3, -0.25) is 0 Å². The Balaban J connectivity index is 2.09. The van der Waals surface area contributed by atoms with Crippen LogP contribution >= 0.6 is 0 Å². The number of ether oxygens (including phenoxy) is 1. The number of nitriles is 2. The van der Waals surface area contributed by atoms with E-state index in [1.807, 2.05) is 12.1 Å². The third-order valence-electron chi connectivity index (χ3n) is 2.68. The third-order valence-corrected chi connectivity index (χ3v) is 2.68. The van der Waals surface area contributed by atoms with Crippen molar-refractivity contribution in [3.8, 4) is 12.1 Å². The highest BCUT2D eigenvalue weighted by Crippen LogP contribution is 2.09. The summed E-state index contributed by atoms with van der Waals surface area (Å²) in [5, 5.41) is 17.3. The summed E-state index contributed by atoms with van der Waals surface area (Å²) in [5.74, 6) is -1.59. The van der Waals surface area contributed by atoms with Gasteiger partial charge >= 0.3 is 11.9 Å². The van der Waals surface area contributed by atoms with Gasteiger partial charge in [0.15, 0.2) is 0 Å². The largest absolute Gasteiger partial charge is 0.386 e. The average molecular weight is 276 g/mol. The fourth-order valence-electron chi connectivity index (χ4n) is 1.56. The zero-order valence-corrected chi connectivity index (χ0v) is 10.7. The van der Waals surface area contributed by atoms with E-state index < -0.39 is 11.9 Å². The van der Waals surface area contributed by atoms with Crippen molar-refractivity contribution in [2.45, 2.75) is 0 Å². The monoisotopic (exact) mass is 276 g/mol.